The maximum absolute atomic E-state index is 13.0. The van der Waals surface area contributed by atoms with Crippen molar-refractivity contribution in [2.24, 2.45) is 0 Å². The van der Waals surface area contributed by atoms with Crippen LogP contribution in [0.5, 0.6) is 0 Å². The Morgan fingerprint density at radius 2 is 1.74 bits per heavy atom. The Morgan fingerprint density at radius 1 is 1.07 bits per heavy atom. The Kier molecular flexibility index (Phi) is 5.56. The van der Waals surface area contributed by atoms with E-state index in [9.17, 15) is 13.2 Å². The van der Waals surface area contributed by atoms with Crippen LogP contribution in [0.15, 0.2) is 41.3 Å². The first kappa shape index (κ1) is 19.4. The molecule has 1 amide bonds. The number of aryl methyl sites for hydroxylation is 3. The fourth-order valence-corrected chi connectivity index (χ4v) is 4.80. The lowest BCUT2D eigenvalue weighted by molar-refractivity contribution is -0.117. The number of rotatable bonds is 6. The molecular weight excluding hydrogens is 360 g/mol. The van der Waals surface area contributed by atoms with E-state index in [0.29, 0.717) is 18.7 Å². The molecule has 0 aliphatic carbocycles. The summed E-state index contributed by atoms with van der Waals surface area (Å²) in [6.07, 6.45) is 2.89. The van der Waals surface area contributed by atoms with Crippen molar-refractivity contribution in [1.29, 1.82) is 0 Å². The second-order valence-corrected chi connectivity index (χ2v) is 8.54. The van der Waals surface area contributed by atoms with Crippen LogP contribution < -0.4 is 9.62 Å². The van der Waals surface area contributed by atoms with E-state index in [4.69, 9.17) is 0 Å². The first-order valence-corrected chi connectivity index (χ1v) is 10.9. The summed E-state index contributed by atoms with van der Waals surface area (Å²) in [5, 5.41) is 0. The zero-order chi connectivity index (χ0) is 19.6. The van der Waals surface area contributed by atoms with Crippen molar-refractivity contribution in [1.82, 2.24) is 0 Å². The molecule has 1 saturated heterocycles. The molecule has 3 rings (SSSR count). The maximum atomic E-state index is 13.0. The van der Waals surface area contributed by atoms with E-state index in [1.54, 1.807) is 23.1 Å². The molecule has 1 N–H and O–H groups in total. The van der Waals surface area contributed by atoms with Crippen molar-refractivity contribution in [2.75, 3.05) is 16.2 Å². The van der Waals surface area contributed by atoms with Crippen molar-refractivity contribution in [3.63, 3.8) is 0 Å². The van der Waals surface area contributed by atoms with Gasteiger partial charge in [0, 0.05) is 18.7 Å². The van der Waals surface area contributed by atoms with Gasteiger partial charge in [0.1, 0.15) is 0 Å². The summed E-state index contributed by atoms with van der Waals surface area (Å²) >= 11 is 0. The third-order valence-corrected chi connectivity index (χ3v) is 6.43. The SMILES string of the molecule is CCc1cccc(CC)c1NS(=O)(=O)c1ccc(N2CCCC2=O)c(C)c1. The van der Waals surface area contributed by atoms with Gasteiger partial charge in [-0.05, 0) is 61.1 Å². The minimum absolute atomic E-state index is 0.0938. The number of hydrogen-bond acceptors (Lipinski definition) is 3. The number of hydrogen-bond donors (Lipinski definition) is 1. The normalized spacial score (nSPS) is 14.6. The zero-order valence-corrected chi connectivity index (χ0v) is 16.9. The third-order valence-electron chi connectivity index (χ3n) is 5.08. The topological polar surface area (TPSA) is 66.5 Å². The summed E-state index contributed by atoms with van der Waals surface area (Å²) in [4.78, 5) is 13.9. The maximum Gasteiger partial charge on any atom is 0.261 e. The minimum atomic E-state index is -3.71. The number of amides is 1. The fourth-order valence-electron chi connectivity index (χ4n) is 3.57. The van der Waals surface area contributed by atoms with Gasteiger partial charge in [-0.2, -0.15) is 0 Å². The van der Waals surface area contributed by atoms with E-state index in [1.165, 1.54) is 0 Å². The fraction of sp³-hybridized carbons (Fsp3) is 0.381. The standard InChI is InChI=1S/C21H26N2O3S/c1-4-16-8-6-9-17(5-2)21(16)22-27(25,26)18-11-12-19(15(3)14-18)23-13-7-10-20(23)24/h6,8-9,11-12,14,22H,4-5,7,10,13H2,1-3H3. The molecule has 1 aliphatic heterocycles. The van der Waals surface area contributed by atoms with E-state index < -0.39 is 10.0 Å². The van der Waals surface area contributed by atoms with Crippen LogP contribution in [0, 0.1) is 6.92 Å². The molecule has 0 unspecified atom stereocenters. The molecule has 144 valence electrons. The smallest absolute Gasteiger partial charge is 0.261 e. The van der Waals surface area contributed by atoms with Gasteiger partial charge < -0.3 is 4.90 Å². The number of carbonyl (C=O) groups excluding carboxylic acids is 1. The van der Waals surface area contributed by atoms with Crippen molar-refractivity contribution in [2.45, 2.75) is 51.3 Å². The Morgan fingerprint density at radius 3 is 2.26 bits per heavy atom. The Balaban J connectivity index is 1.95. The lowest BCUT2D eigenvalue weighted by Gasteiger charge is -2.20. The lowest BCUT2D eigenvalue weighted by Crippen LogP contribution is -2.24. The highest BCUT2D eigenvalue weighted by atomic mass is 32.2. The van der Waals surface area contributed by atoms with Gasteiger partial charge in [0.25, 0.3) is 10.0 Å². The molecule has 0 spiro atoms. The number of nitrogens with zero attached hydrogens (tertiary/aromatic N) is 1. The van der Waals surface area contributed by atoms with Gasteiger partial charge in [-0.3, -0.25) is 9.52 Å². The van der Waals surface area contributed by atoms with Crippen LogP contribution in [0.2, 0.25) is 0 Å². The molecule has 2 aromatic rings. The predicted molar refractivity (Wildman–Crippen MR) is 109 cm³/mol. The van der Waals surface area contributed by atoms with Crippen LogP contribution in [-0.2, 0) is 27.7 Å². The zero-order valence-electron chi connectivity index (χ0n) is 16.1. The Hall–Kier alpha value is -2.34. The summed E-state index contributed by atoms with van der Waals surface area (Å²) in [5.41, 5.74) is 4.22. The van der Waals surface area contributed by atoms with E-state index in [1.807, 2.05) is 39.0 Å². The van der Waals surface area contributed by atoms with Crippen LogP contribution in [-0.4, -0.2) is 20.9 Å². The second-order valence-electron chi connectivity index (χ2n) is 6.86. The lowest BCUT2D eigenvalue weighted by atomic mass is 10.0. The largest absolute Gasteiger partial charge is 0.312 e. The molecule has 27 heavy (non-hydrogen) atoms. The Bertz CT molecular complexity index is 945. The van der Waals surface area contributed by atoms with Crippen LogP contribution in [0.1, 0.15) is 43.4 Å². The first-order chi connectivity index (χ1) is 12.9. The number of benzene rings is 2. The predicted octanol–water partition coefficient (Wildman–Crippen LogP) is 4.05. The molecule has 1 fully saturated rings. The van der Waals surface area contributed by atoms with E-state index >= 15 is 0 Å². The monoisotopic (exact) mass is 386 g/mol. The summed E-state index contributed by atoms with van der Waals surface area (Å²) < 4.78 is 28.8. The molecule has 0 saturated carbocycles. The van der Waals surface area contributed by atoms with Crippen molar-refractivity contribution >= 4 is 27.3 Å². The highest BCUT2D eigenvalue weighted by molar-refractivity contribution is 7.92. The average molecular weight is 387 g/mol. The summed E-state index contributed by atoms with van der Waals surface area (Å²) in [7, 11) is -3.71. The van der Waals surface area contributed by atoms with Gasteiger partial charge in [-0.15, -0.1) is 0 Å². The molecule has 0 bridgehead atoms. The highest BCUT2D eigenvalue weighted by Gasteiger charge is 2.24. The molecule has 2 aromatic carbocycles. The van der Waals surface area contributed by atoms with E-state index in [0.717, 1.165) is 41.6 Å². The molecule has 0 radical (unpaired) electrons. The number of sulfonamides is 1. The van der Waals surface area contributed by atoms with Gasteiger partial charge >= 0.3 is 0 Å². The van der Waals surface area contributed by atoms with Gasteiger partial charge in [-0.25, -0.2) is 8.42 Å². The second kappa shape index (κ2) is 7.72. The minimum Gasteiger partial charge on any atom is -0.312 e. The van der Waals surface area contributed by atoms with Gasteiger partial charge in [0.15, 0.2) is 0 Å². The summed E-state index contributed by atoms with van der Waals surface area (Å²) in [5.74, 6) is 0.0938. The van der Waals surface area contributed by atoms with Crippen LogP contribution in [0.3, 0.4) is 0 Å². The quantitative estimate of drug-likeness (QED) is 0.814. The number of nitrogens with one attached hydrogen (secondary N) is 1. The third kappa shape index (κ3) is 3.86. The van der Waals surface area contributed by atoms with Crippen LogP contribution >= 0.6 is 0 Å². The first-order valence-electron chi connectivity index (χ1n) is 9.42. The highest BCUT2D eigenvalue weighted by Crippen LogP contribution is 2.30. The number of anilines is 2. The Labute approximate surface area is 161 Å². The van der Waals surface area contributed by atoms with Crippen molar-refractivity contribution < 1.29 is 13.2 Å². The molecule has 0 atom stereocenters. The summed E-state index contributed by atoms with van der Waals surface area (Å²) in [6.45, 7) is 6.56. The number of carbonyl (C=O) groups is 1. The molecule has 1 heterocycles. The van der Waals surface area contributed by atoms with Crippen molar-refractivity contribution in [3.8, 4) is 0 Å². The van der Waals surface area contributed by atoms with Crippen LogP contribution in [0.4, 0.5) is 11.4 Å². The van der Waals surface area contributed by atoms with E-state index in [2.05, 4.69) is 4.72 Å². The number of para-hydroxylation sites is 1. The summed E-state index contributed by atoms with van der Waals surface area (Å²) in [6, 6.07) is 10.8. The van der Waals surface area contributed by atoms with Gasteiger partial charge in [0.05, 0.1) is 10.6 Å². The molecule has 0 aromatic heterocycles. The van der Waals surface area contributed by atoms with Gasteiger partial charge in [0.2, 0.25) is 5.91 Å². The van der Waals surface area contributed by atoms with Crippen molar-refractivity contribution in [3.05, 3.63) is 53.1 Å². The van der Waals surface area contributed by atoms with Crippen LogP contribution in [0.25, 0.3) is 0 Å². The molecular formula is C21H26N2O3S. The molecule has 1 aliphatic rings. The average Bonchev–Trinajstić information content (AvgIpc) is 3.07. The van der Waals surface area contributed by atoms with Gasteiger partial charge in [-0.1, -0.05) is 32.0 Å². The van der Waals surface area contributed by atoms with E-state index in [-0.39, 0.29) is 10.8 Å². The molecule has 6 heteroatoms. The molecule has 5 nitrogen and oxygen atoms in total.